The third-order valence-corrected chi connectivity index (χ3v) is 7.22. The van der Waals surface area contributed by atoms with E-state index in [0.717, 1.165) is 41.7 Å². The third-order valence-electron chi connectivity index (χ3n) is 6.26. The predicted molar refractivity (Wildman–Crippen MR) is 120 cm³/mol. The summed E-state index contributed by atoms with van der Waals surface area (Å²) in [7, 11) is 1.65. The lowest BCUT2D eigenvalue weighted by atomic mass is 9.78. The van der Waals surface area contributed by atoms with Crippen LogP contribution in [0.5, 0.6) is 5.75 Å². The molecule has 1 saturated carbocycles. The summed E-state index contributed by atoms with van der Waals surface area (Å²) in [5.74, 6) is 2.79. The van der Waals surface area contributed by atoms with Crippen molar-refractivity contribution < 1.29 is 9.53 Å². The number of carbonyl (C=O) groups is 1. The normalized spacial score (nSPS) is 21.2. The van der Waals surface area contributed by atoms with Gasteiger partial charge in [-0.2, -0.15) is 0 Å². The predicted octanol–water partition coefficient (Wildman–Crippen LogP) is 4.41. The Bertz CT molecular complexity index is 895. The summed E-state index contributed by atoms with van der Waals surface area (Å²) < 4.78 is 7.50. The van der Waals surface area contributed by atoms with E-state index in [0.29, 0.717) is 24.3 Å². The Kier molecular flexibility index (Phi) is 6.77. The molecule has 30 heavy (non-hydrogen) atoms. The van der Waals surface area contributed by atoms with E-state index in [9.17, 15) is 4.79 Å². The summed E-state index contributed by atoms with van der Waals surface area (Å²) in [5, 5.41) is 9.53. The van der Waals surface area contributed by atoms with E-state index in [-0.39, 0.29) is 5.91 Å². The van der Waals surface area contributed by atoms with E-state index in [4.69, 9.17) is 4.74 Å². The largest absolute Gasteiger partial charge is 0.496 e. The van der Waals surface area contributed by atoms with Crippen LogP contribution in [0.25, 0.3) is 11.4 Å². The average molecular weight is 427 g/mol. The van der Waals surface area contributed by atoms with Crippen LogP contribution < -0.4 is 4.74 Å². The number of allylic oxidation sites excluding steroid dienone is 1. The number of hydrogen-bond donors (Lipinski definition) is 0. The molecule has 7 heteroatoms. The fourth-order valence-electron chi connectivity index (χ4n) is 4.86. The summed E-state index contributed by atoms with van der Waals surface area (Å²) in [4.78, 5) is 15.2. The molecule has 1 saturated heterocycles. The van der Waals surface area contributed by atoms with Crippen LogP contribution in [0.1, 0.15) is 38.5 Å². The highest BCUT2D eigenvalue weighted by atomic mass is 32.2. The van der Waals surface area contributed by atoms with Crippen molar-refractivity contribution in [2.24, 2.45) is 5.92 Å². The Balaban J connectivity index is 1.50. The highest BCUT2D eigenvalue weighted by Gasteiger charge is 2.35. The van der Waals surface area contributed by atoms with Crippen molar-refractivity contribution in [3.63, 3.8) is 0 Å². The van der Waals surface area contributed by atoms with Gasteiger partial charge in [-0.15, -0.1) is 16.8 Å². The number of likely N-dealkylation sites (tertiary alicyclic amines) is 1. The molecule has 0 N–H and O–H groups in total. The first-order chi connectivity index (χ1) is 14.7. The number of carbonyl (C=O) groups excluding carboxylic acids is 1. The van der Waals surface area contributed by atoms with Gasteiger partial charge in [-0.25, -0.2) is 0 Å². The van der Waals surface area contributed by atoms with Gasteiger partial charge in [0, 0.05) is 19.1 Å². The van der Waals surface area contributed by atoms with E-state index in [1.165, 1.54) is 37.4 Å². The highest BCUT2D eigenvalue weighted by Crippen LogP contribution is 2.36. The van der Waals surface area contributed by atoms with Gasteiger partial charge in [0.25, 0.3) is 0 Å². The minimum atomic E-state index is 0.226. The van der Waals surface area contributed by atoms with Crippen molar-refractivity contribution in [3.8, 4) is 17.1 Å². The minimum absolute atomic E-state index is 0.226. The number of thioether (sulfide) groups is 1. The SMILES string of the molecule is C=CCn1c(SCC(=O)N2CCC[C@@H]3CCCC[C@H]32)nnc1-c1ccccc1OC. The van der Waals surface area contributed by atoms with Gasteiger partial charge in [0.1, 0.15) is 5.75 Å². The number of para-hydroxylation sites is 1. The lowest BCUT2D eigenvalue weighted by Gasteiger charge is -2.44. The Morgan fingerprint density at radius 1 is 1.23 bits per heavy atom. The number of fused-ring (bicyclic) bond motifs is 1. The second kappa shape index (κ2) is 9.69. The molecule has 0 bridgehead atoms. The summed E-state index contributed by atoms with van der Waals surface area (Å²) in [6.07, 6.45) is 9.22. The van der Waals surface area contributed by atoms with Crippen LogP contribution in [0.3, 0.4) is 0 Å². The number of benzene rings is 1. The Morgan fingerprint density at radius 3 is 2.87 bits per heavy atom. The van der Waals surface area contributed by atoms with Gasteiger partial charge in [0.15, 0.2) is 11.0 Å². The van der Waals surface area contributed by atoms with Gasteiger partial charge in [0.2, 0.25) is 5.91 Å². The molecule has 1 aliphatic carbocycles. The molecule has 1 amide bonds. The number of nitrogens with zero attached hydrogens (tertiary/aromatic N) is 4. The molecule has 2 atom stereocenters. The molecular formula is C23H30N4O2S. The van der Waals surface area contributed by atoms with E-state index >= 15 is 0 Å². The minimum Gasteiger partial charge on any atom is -0.496 e. The first kappa shape index (κ1) is 21.0. The molecule has 2 heterocycles. The molecular weight excluding hydrogens is 396 g/mol. The van der Waals surface area contributed by atoms with E-state index in [2.05, 4.69) is 21.7 Å². The van der Waals surface area contributed by atoms with Crippen molar-refractivity contribution in [3.05, 3.63) is 36.9 Å². The van der Waals surface area contributed by atoms with Crippen molar-refractivity contribution in [1.29, 1.82) is 0 Å². The lowest BCUT2D eigenvalue weighted by molar-refractivity contribution is -0.134. The summed E-state index contributed by atoms with van der Waals surface area (Å²) >= 11 is 1.47. The molecule has 2 aliphatic rings. The Hall–Kier alpha value is -2.28. The van der Waals surface area contributed by atoms with Crippen LogP contribution in [0, 0.1) is 5.92 Å². The third kappa shape index (κ3) is 4.26. The zero-order valence-electron chi connectivity index (χ0n) is 17.6. The van der Waals surface area contributed by atoms with Gasteiger partial charge in [0.05, 0.1) is 18.4 Å². The van der Waals surface area contributed by atoms with Crippen molar-refractivity contribution in [2.75, 3.05) is 19.4 Å². The van der Waals surface area contributed by atoms with Crippen LogP contribution in [-0.4, -0.2) is 51.0 Å². The summed E-state index contributed by atoms with van der Waals surface area (Å²) in [6.45, 7) is 5.35. The van der Waals surface area contributed by atoms with Crippen LogP contribution in [0.2, 0.25) is 0 Å². The number of methoxy groups -OCH3 is 1. The van der Waals surface area contributed by atoms with Crippen LogP contribution in [0.4, 0.5) is 0 Å². The molecule has 0 radical (unpaired) electrons. The molecule has 2 aromatic rings. The monoisotopic (exact) mass is 426 g/mol. The van der Waals surface area contributed by atoms with Crippen molar-refractivity contribution >= 4 is 17.7 Å². The average Bonchev–Trinajstić information content (AvgIpc) is 3.19. The lowest BCUT2D eigenvalue weighted by Crippen LogP contribution is -2.50. The fourth-order valence-corrected chi connectivity index (χ4v) is 5.70. The quantitative estimate of drug-likeness (QED) is 0.485. The number of amides is 1. The van der Waals surface area contributed by atoms with Crippen LogP contribution >= 0.6 is 11.8 Å². The van der Waals surface area contributed by atoms with E-state index in [1.54, 1.807) is 7.11 Å². The van der Waals surface area contributed by atoms with E-state index in [1.807, 2.05) is 34.9 Å². The van der Waals surface area contributed by atoms with Crippen molar-refractivity contribution in [2.45, 2.75) is 56.3 Å². The summed E-state index contributed by atoms with van der Waals surface area (Å²) in [5.41, 5.74) is 0.883. The number of aromatic nitrogens is 3. The maximum Gasteiger partial charge on any atom is 0.233 e. The first-order valence-corrected chi connectivity index (χ1v) is 11.8. The van der Waals surface area contributed by atoms with Crippen LogP contribution in [0.15, 0.2) is 42.1 Å². The number of piperidine rings is 1. The highest BCUT2D eigenvalue weighted by molar-refractivity contribution is 7.99. The van der Waals surface area contributed by atoms with Crippen molar-refractivity contribution in [1.82, 2.24) is 19.7 Å². The molecule has 1 aliphatic heterocycles. The second-order valence-corrected chi connectivity index (χ2v) is 8.98. The molecule has 160 valence electrons. The molecule has 2 fully saturated rings. The fraction of sp³-hybridized carbons (Fsp3) is 0.522. The van der Waals surface area contributed by atoms with Gasteiger partial charge in [-0.3, -0.25) is 9.36 Å². The molecule has 0 unspecified atom stereocenters. The number of ether oxygens (including phenoxy) is 1. The molecule has 6 nitrogen and oxygen atoms in total. The number of rotatable bonds is 7. The smallest absolute Gasteiger partial charge is 0.233 e. The van der Waals surface area contributed by atoms with Gasteiger partial charge < -0.3 is 9.64 Å². The number of hydrogen-bond acceptors (Lipinski definition) is 5. The van der Waals surface area contributed by atoms with Crippen LogP contribution in [-0.2, 0) is 11.3 Å². The first-order valence-electron chi connectivity index (χ1n) is 10.8. The zero-order valence-corrected chi connectivity index (χ0v) is 18.4. The molecule has 0 spiro atoms. The molecule has 1 aromatic heterocycles. The standard InChI is InChI=1S/C23H30N4O2S/c1-3-14-27-22(18-11-5-7-13-20(18)29-2)24-25-23(27)30-16-21(28)26-15-8-10-17-9-4-6-12-19(17)26/h3,5,7,11,13,17,19H,1,4,6,8-10,12,14-16H2,2H3/t17-,19+/m0/s1. The van der Waals surface area contributed by atoms with Gasteiger partial charge >= 0.3 is 0 Å². The Labute approximate surface area is 182 Å². The Morgan fingerprint density at radius 2 is 2.03 bits per heavy atom. The van der Waals surface area contributed by atoms with Gasteiger partial charge in [-0.1, -0.05) is 42.8 Å². The topological polar surface area (TPSA) is 60.2 Å². The van der Waals surface area contributed by atoms with E-state index < -0.39 is 0 Å². The van der Waals surface area contributed by atoms with Gasteiger partial charge in [-0.05, 0) is 43.7 Å². The maximum atomic E-state index is 13.1. The molecule has 4 rings (SSSR count). The molecule has 1 aromatic carbocycles. The second-order valence-electron chi connectivity index (χ2n) is 8.04. The maximum absolute atomic E-state index is 13.1. The summed E-state index contributed by atoms with van der Waals surface area (Å²) in [6, 6.07) is 8.21. The zero-order chi connectivity index (χ0) is 20.9.